The zero-order valence-electron chi connectivity index (χ0n) is 12.8. The largest absolute Gasteiger partial charge is 0.496 e. The molecule has 0 bridgehead atoms. The summed E-state index contributed by atoms with van der Waals surface area (Å²) in [6.07, 6.45) is -2.31. The van der Waals surface area contributed by atoms with E-state index >= 15 is 0 Å². The van der Waals surface area contributed by atoms with E-state index in [0.717, 1.165) is 12.3 Å². The Morgan fingerprint density at radius 1 is 1.09 bits per heavy atom. The topological polar surface area (TPSA) is 71.8 Å². The highest BCUT2D eigenvalue weighted by Gasteiger charge is 2.52. The summed E-state index contributed by atoms with van der Waals surface area (Å²) < 4.78 is 49.3. The van der Waals surface area contributed by atoms with Gasteiger partial charge in [0.15, 0.2) is 0 Å². The molecule has 1 fully saturated rings. The van der Waals surface area contributed by atoms with Crippen LogP contribution in [0.15, 0.2) is 18.5 Å². The second-order valence-corrected chi connectivity index (χ2v) is 5.73. The maximum absolute atomic E-state index is 12.6. The lowest BCUT2D eigenvalue weighted by Crippen LogP contribution is -2.41. The highest BCUT2D eigenvalue weighted by molar-refractivity contribution is 6.62. The quantitative estimate of drug-likeness (QED) is 0.743. The molecule has 0 saturated carbocycles. The van der Waals surface area contributed by atoms with E-state index in [1.165, 1.54) is 6.20 Å². The highest BCUT2D eigenvalue weighted by Crippen LogP contribution is 2.36. The minimum atomic E-state index is -4.42. The van der Waals surface area contributed by atoms with Crippen LogP contribution in [0, 0.1) is 0 Å². The third-order valence-electron chi connectivity index (χ3n) is 3.61. The van der Waals surface area contributed by atoms with Crippen LogP contribution >= 0.6 is 0 Å². The number of rotatable bonds is 1. The van der Waals surface area contributed by atoms with Gasteiger partial charge in [-0.15, -0.1) is 0 Å². The number of hydrogen-bond donors (Lipinski definition) is 2. The molecule has 0 amide bonds. The molecule has 10 heteroatoms. The van der Waals surface area contributed by atoms with Crippen molar-refractivity contribution in [3.8, 4) is 0 Å². The van der Waals surface area contributed by atoms with Crippen molar-refractivity contribution in [2.45, 2.75) is 45.1 Å². The van der Waals surface area contributed by atoms with Crippen LogP contribution in [0.5, 0.6) is 0 Å². The van der Waals surface area contributed by atoms with Gasteiger partial charge in [-0.2, -0.15) is 13.2 Å². The number of pyridine rings is 1. The van der Waals surface area contributed by atoms with Gasteiger partial charge >= 0.3 is 21.0 Å². The van der Waals surface area contributed by atoms with Crippen LogP contribution in [0.3, 0.4) is 0 Å². The van der Waals surface area contributed by atoms with Crippen LogP contribution in [0.25, 0.3) is 0 Å². The molecule has 0 radical (unpaired) electrons. The molecule has 22 heavy (non-hydrogen) atoms. The molecule has 122 valence electrons. The minimum absolute atomic E-state index is 0.272. The second-order valence-electron chi connectivity index (χ2n) is 5.73. The summed E-state index contributed by atoms with van der Waals surface area (Å²) in [4.78, 5) is 3.61. The van der Waals surface area contributed by atoms with Gasteiger partial charge in [-0.25, -0.2) is 0 Å². The first-order valence-electron chi connectivity index (χ1n) is 6.54. The first-order valence-corrected chi connectivity index (χ1v) is 6.54. The standard InChI is InChI=1S/C12H15BF3NO2.BH3O2/c1-10(2)11(3,4)19-13(18-10)9-5-8(6-17-7-9)12(14,15)16;2-1-3/h5-7H,1-4H3;1-3H. The van der Waals surface area contributed by atoms with Crippen molar-refractivity contribution in [3.63, 3.8) is 0 Å². The number of nitrogens with zero attached hydrogens (tertiary/aromatic N) is 1. The number of alkyl halides is 3. The van der Waals surface area contributed by atoms with Crippen molar-refractivity contribution in [1.29, 1.82) is 0 Å². The molecule has 0 unspecified atom stereocenters. The zero-order chi connectivity index (χ0) is 17.2. The number of hydrogen-bond acceptors (Lipinski definition) is 5. The van der Waals surface area contributed by atoms with Crippen molar-refractivity contribution >= 4 is 20.3 Å². The first-order chi connectivity index (χ1) is 9.94. The molecule has 1 saturated heterocycles. The maximum atomic E-state index is 12.6. The lowest BCUT2D eigenvalue weighted by Gasteiger charge is -2.32. The Morgan fingerprint density at radius 3 is 1.95 bits per heavy atom. The molecule has 1 aromatic heterocycles. The van der Waals surface area contributed by atoms with Crippen molar-refractivity contribution in [2.24, 2.45) is 0 Å². The van der Waals surface area contributed by atoms with Gasteiger partial charge in [0.2, 0.25) is 0 Å². The Bertz CT molecular complexity index is 495. The van der Waals surface area contributed by atoms with Gasteiger partial charge in [0, 0.05) is 17.9 Å². The normalized spacial score (nSPS) is 19.4. The van der Waals surface area contributed by atoms with E-state index in [9.17, 15) is 13.2 Å². The summed E-state index contributed by atoms with van der Waals surface area (Å²) in [6, 6.07) is 1.01. The molecule has 2 rings (SSSR count). The minimum Gasteiger partial charge on any atom is -0.430 e. The van der Waals surface area contributed by atoms with E-state index in [1.807, 2.05) is 27.7 Å². The van der Waals surface area contributed by atoms with Crippen LogP contribution in [-0.4, -0.2) is 41.0 Å². The Kier molecular flexibility index (Phi) is 5.66. The number of halogens is 3. The first kappa shape index (κ1) is 19.0. The monoisotopic (exact) mass is 319 g/mol. The van der Waals surface area contributed by atoms with E-state index in [-0.39, 0.29) is 5.46 Å². The molecule has 0 atom stereocenters. The molecule has 2 heterocycles. The average Bonchev–Trinajstić information content (AvgIpc) is 2.59. The summed E-state index contributed by atoms with van der Waals surface area (Å²) in [5.74, 6) is 0. The van der Waals surface area contributed by atoms with Crippen molar-refractivity contribution in [1.82, 2.24) is 4.98 Å². The molecule has 1 aliphatic rings. The summed E-state index contributed by atoms with van der Waals surface area (Å²) in [5, 5.41) is 14.2. The molecule has 2 N–H and O–H groups in total. The van der Waals surface area contributed by atoms with Crippen LogP contribution in [0.1, 0.15) is 33.3 Å². The predicted molar refractivity (Wildman–Crippen MR) is 76.5 cm³/mol. The molecule has 5 nitrogen and oxygen atoms in total. The van der Waals surface area contributed by atoms with Crippen molar-refractivity contribution < 1.29 is 32.5 Å². The van der Waals surface area contributed by atoms with Crippen molar-refractivity contribution in [3.05, 3.63) is 24.0 Å². The van der Waals surface area contributed by atoms with Crippen LogP contribution < -0.4 is 5.46 Å². The van der Waals surface area contributed by atoms with Crippen LogP contribution in [0.4, 0.5) is 13.2 Å². The van der Waals surface area contributed by atoms with Gasteiger partial charge in [0.1, 0.15) is 0 Å². The van der Waals surface area contributed by atoms with Gasteiger partial charge in [-0.05, 0) is 33.8 Å². The Hall–Kier alpha value is -1.09. The third kappa shape index (κ3) is 4.22. The molecule has 0 spiro atoms. The summed E-state index contributed by atoms with van der Waals surface area (Å²) in [6.45, 7) is 7.37. The lowest BCUT2D eigenvalue weighted by atomic mass is 9.80. The van der Waals surface area contributed by atoms with Gasteiger partial charge in [-0.3, -0.25) is 4.98 Å². The SMILES string of the molecule is CC1(C)OB(c2cncc(C(F)(F)F)c2)OC1(C)C.OBO. The summed E-state index contributed by atoms with van der Waals surface area (Å²) >= 11 is 0. The maximum Gasteiger partial charge on any atom is 0.496 e. The zero-order valence-corrected chi connectivity index (χ0v) is 12.8. The smallest absolute Gasteiger partial charge is 0.430 e. The van der Waals surface area contributed by atoms with Gasteiger partial charge in [-0.1, -0.05) is 0 Å². The third-order valence-corrected chi connectivity index (χ3v) is 3.61. The molecule has 1 aliphatic heterocycles. The van der Waals surface area contributed by atoms with Crippen LogP contribution in [0.2, 0.25) is 0 Å². The highest BCUT2D eigenvalue weighted by atomic mass is 19.4. The number of aromatic nitrogens is 1. The van der Waals surface area contributed by atoms with Gasteiger partial charge < -0.3 is 19.4 Å². The fraction of sp³-hybridized carbons (Fsp3) is 0.583. The molecule has 1 aromatic rings. The second kappa shape index (κ2) is 6.57. The molecule has 0 aliphatic carbocycles. The average molecular weight is 319 g/mol. The Labute approximate surface area is 127 Å². The Balaban J connectivity index is 0.000000745. The van der Waals surface area contributed by atoms with Crippen LogP contribution in [-0.2, 0) is 15.5 Å². The fourth-order valence-electron chi connectivity index (χ4n) is 1.72. The summed E-state index contributed by atoms with van der Waals surface area (Å²) in [5.41, 5.74) is -1.72. The Morgan fingerprint density at radius 2 is 1.55 bits per heavy atom. The van der Waals surface area contributed by atoms with E-state index in [4.69, 9.17) is 19.4 Å². The van der Waals surface area contributed by atoms with Crippen molar-refractivity contribution in [2.75, 3.05) is 0 Å². The summed E-state index contributed by atoms with van der Waals surface area (Å²) in [7, 11) is -1.58. The molecular weight excluding hydrogens is 301 g/mol. The van der Waals surface area contributed by atoms with E-state index in [1.54, 1.807) is 0 Å². The van der Waals surface area contributed by atoms with E-state index in [0.29, 0.717) is 0 Å². The predicted octanol–water partition coefficient (Wildman–Crippen LogP) is 0.637. The lowest BCUT2D eigenvalue weighted by molar-refractivity contribution is -0.137. The molecular formula is C12H18B2F3NO4. The fourth-order valence-corrected chi connectivity index (χ4v) is 1.72. The van der Waals surface area contributed by atoms with Gasteiger partial charge in [0.05, 0.1) is 16.8 Å². The van der Waals surface area contributed by atoms with E-state index in [2.05, 4.69) is 4.98 Å². The molecule has 0 aromatic carbocycles. The van der Waals surface area contributed by atoms with Gasteiger partial charge in [0.25, 0.3) is 0 Å². The van der Waals surface area contributed by atoms with E-state index < -0.39 is 37.7 Å².